The molecule has 3 rings (SSSR count). The van der Waals surface area contributed by atoms with Crippen molar-refractivity contribution in [2.45, 2.75) is 32.1 Å². The van der Waals surface area contributed by atoms with Crippen LogP contribution in [0.4, 0.5) is 11.4 Å². The van der Waals surface area contributed by atoms with Gasteiger partial charge >= 0.3 is 5.97 Å². The maximum atomic E-state index is 10.7. The number of benzene rings is 2. The number of carbonyl (C=O) groups is 1. The highest BCUT2D eigenvalue weighted by atomic mass is 16.4. The van der Waals surface area contributed by atoms with Gasteiger partial charge in [0.15, 0.2) is 0 Å². The number of nitrogens with one attached hydrogen (secondary N) is 1. The number of carboxylic acids is 1. The molecule has 0 saturated heterocycles. The Morgan fingerprint density at radius 1 is 1.29 bits per heavy atom. The van der Waals surface area contributed by atoms with Crippen molar-refractivity contribution in [1.29, 1.82) is 0 Å². The van der Waals surface area contributed by atoms with Gasteiger partial charge in [-0.25, -0.2) is 4.79 Å². The van der Waals surface area contributed by atoms with E-state index in [1.54, 1.807) is 6.21 Å². The fourth-order valence-corrected chi connectivity index (χ4v) is 3.95. The number of aliphatic imine (C=N–C) groups is 1. The molecule has 0 bridgehead atoms. The third kappa shape index (κ3) is 6.15. The minimum absolute atomic E-state index is 0.0244. The molecule has 1 atom stereocenters. The molecule has 0 heterocycles. The van der Waals surface area contributed by atoms with E-state index < -0.39 is 5.97 Å². The number of carboxylic acid groups (broad SMARTS) is 1. The summed E-state index contributed by atoms with van der Waals surface area (Å²) >= 11 is 0. The van der Waals surface area contributed by atoms with Gasteiger partial charge in [-0.2, -0.15) is 0 Å². The largest absolute Gasteiger partial charge is 0.478 e. The summed E-state index contributed by atoms with van der Waals surface area (Å²) in [5, 5.41) is 12.2. The van der Waals surface area contributed by atoms with Gasteiger partial charge in [0.05, 0.1) is 5.57 Å². The Labute approximate surface area is 184 Å². The molecule has 162 valence electrons. The summed E-state index contributed by atoms with van der Waals surface area (Å²) in [6.07, 6.45) is 8.10. The minimum atomic E-state index is -1.03. The number of nitrogens with zero attached hydrogens (tertiary/aromatic N) is 2. The smallest absolute Gasteiger partial charge is 0.335 e. The third-order valence-electron chi connectivity index (χ3n) is 5.71. The first kappa shape index (κ1) is 22.5. The van der Waals surface area contributed by atoms with Crippen molar-refractivity contribution in [3.63, 3.8) is 0 Å². The summed E-state index contributed by atoms with van der Waals surface area (Å²) in [6, 6.07) is 15.4. The van der Waals surface area contributed by atoms with Crippen LogP contribution in [0.1, 0.15) is 35.4 Å². The Morgan fingerprint density at radius 3 is 2.87 bits per heavy atom. The second-order valence-corrected chi connectivity index (χ2v) is 8.01. The molecule has 2 N–H and O–H groups in total. The highest BCUT2D eigenvalue weighted by Crippen LogP contribution is 2.35. The van der Waals surface area contributed by atoms with E-state index in [4.69, 9.17) is 5.11 Å². The predicted octanol–water partition coefficient (Wildman–Crippen LogP) is 5.00. The first-order chi connectivity index (χ1) is 15.0. The van der Waals surface area contributed by atoms with E-state index in [0.717, 1.165) is 13.0 Å². The molecule has 0 unspecified atom stereocenters. The standard InChI is InChI=1S/C26H31N3O2/c1-19-6-4-9-23(16-19)29(3)24-10-11-25-21(17-24)7-5-8-22(25)18-28-15-14-27-13-12-20(2)26(30)31/h4,6,9-14,16-17,22,28H,2,5,7-8,15,18H2,1,3H3,(H,30,31)/b13-12-,27-14?/t22-/m0/s1. The SMILES string of the molecule is C=C(/C=C\N=CCNC[C@@H]1CCCc2cc(N(C)c3cccc(C)c3)ccc21)C(=O)O. The van der Waals surface area contributed by atoms with Crippen LogP contribution in [0.3, 0.4) is 0 Å². The first-order valence-electron chi connectivity index (χ1n) is 10.7. The van der Waals surface area contributed by atoms with Crippen molar-refractivity contribution in [3.05, 3.63) is 83.6 Å². The number of aliphatic carboxylic acids is 1. The summed E-state index contributed by atoms with van der Waals surface area (Å²) in [7, 11) is 2.12. The molecule has 0 spiro atoms. The minimum Gasteiger partial charge on any atom is -0.478 e. The fourth-order valence-electron chi connectivity index (χ4n) is 3.95. The number of anilines is 2. The maximum absolute atomic E-state index is 10.7. The molecular weight excluding hydrogens is 386 g/mol. The van der Waals surface area contributed by atoms with Crippen LogP contribution in [0.5, 0.6) is 0 Å². The Bertz CT molecular complexity index is 994. The number of hydrogen-bond donors (Lipinski definition) is 2. The average molecular weight is 418 g/mol. The third-order valence-corrected chi connectivity index (χ3v) is 5.71. The van der Waals surface area contributed by atoms with Crippen molar-refractivity contribution < 1.29 is 9.90 Å². The number of fused-ring (bicyclic) bond motifs is 1. The van der Waals surface area contributed by atoms with E-state index in [1.165, 1.54) is 53.2 Å². The van der Waals surface area contributed by atoms with Crippen LogP contribution in [0.25, 0.3) is 0 Å². The molecule has 2 aromatic rings. The summed E-state index contributed by atoms with van der Waals surface area (Å²) < 4.78 is 0. The summed E-state index contributed by atoms with van der Waals surface area (Å²) in [4.78, 5) is 17.0. The molecule has 0 fully saturated rings. The van der Waals surface area contributed by atoms with Crippen LogP contribution < -0.4 is 10.2 Å². The van der Waals surface area contributed by atoms with Crippen molar-refractivity contribution in [3.8, 4) is 0 Å². The quantitative estimate of drug-likeness (QED) is 0.261. The van der Waals surface area contributed by atoms with Gasteiger partial charge in [-0.1, -0.05) is 24.8 Å². The first-order valence-corrected chi connectivity index (χ1v) is 10.7. The molecule has 5 heteroatoms. The molecule has 1 aliphatic rings. The zero-order chi connectivity index (χ0) is 22.2. The predicted molar refractivity (Wildman–Crippen MR) is 129 cm³/mol. The molecule has 31 heavy (non-hydrogen) atoms. The van der Waals surface area contributed by atoms with Gasteiger partial charge in [0, 0.05) is 43.9 Å². The van der Waals surface area contributed by atoms with E-state index >= 15 is 0 Å². The summed E-state index contributed by atoms with van der Waals surface area (Å²) in [5.74, 6) is -0.536. The normalized spacial score (nSPS) is 15.9. The Morgan fingerprint density at radius 2 is 2.10 bits per heavy atom. The van der Waals surface area contributed by atoms with E-state index in [1.807, 2.05) is 0 Å². The topological polar surface area (TPSA) is 64.9 Å². The molecule has 0 aromatic heterocycles. The number of rotatable bonds is 9. The van der Waals surface area contributed by atoms with Gasteiger partial charge < -0.3 is 15.3 Å². The second-order valence-electron chi connectivity index (χ2n) is 8.01. The Hall–Kier alpha value is -3.18. The van der Waals surface area contributed by atoms with Gasteiger partial charge in [-0.05, 0) is 79.1 Å². The highest BCUT2D eigenvalue weighted by molar-refractivity contribution is 5.88. The lowest BCUT2D eigenvalue weighted by molar-refractivity contribution is -0.132. The van der Waals surface area contributed by atoms with Gasteiger partial charge in [-0.3, -0.25) is 4.99 Å². The summed E-state index contributed by atoms with van der Waals surface area (Å²) in [6.45, 7) is 7.09. The molecule has 0 radical (unpaired) electrons. The van der Waals surface area contributed by atoms with Crippen LogP contribution in [-0.2, 0) is 11.2 Å². The molecule has 0 aliphatic heterocycles. The van der Waals surface area contributed by atoms with Crippen LogP contribution in [0, 0.1) is 6.92 Å². The van der Waals surface area contributed by atoms with Crippen molar-refractivity contribution in [1.82, 2.24) is 5.32 Å². The van der Waals surface area contributed by atoms with Gasteiger partial charge in [-0.15, -0.1) is 0 Å². The molecule has 2 aromatic carbocycles. The molecule has 0 saturated carbocycles. The van der Waals surface area contributed by atoms with Gasteiger partial charge in [0.25, 0.3) is 0 Å². The molecule has 0 amide bonds. The average Bonchev–Trinajstić information content (AvgIpc) is 2.77. The highest BCUT2D eigenvalue weighted by Gasteiger charge is 2.20. The van der Waals surface area contributed by atoms with E-state index in [0.29, 0.717) is 12.5 Å². The summed E-state index contributed by atoms with van der Waals surface area (Å²) in [5.41, 5.74) is 6.60. The van der Waals surface area contributed by atoms with Crippen LogP contribution in [-0.4, -0.2) is 37.4 Å². The Balaban J connectivity index is 1.58. The lowest BCUT2D eigenvalue weighted by atomic mass is 9.82. The van der Waals surface area contributed by atoms with Gasteiger partial charge in [0.1, 0.15) is 0 Å². The van der Waals surface area contributed by atoms with E-state index in [2.05, 4.69) is 78.2 Å². The molecule has 5 nitrogen and oxygen atoms in total. The van der Waals surface area contributed by atoms with Crippen molar-refractivity contribution in [2.75, 3.05) is 25.0 Å². The molecule has 1 aliphatic carbocycles. The van der Waals surface area contributed by atoms with E-state index in [-0.39, 0.29) is 5.57 Å². The Kier molecular flexibility index (Phi) is 7.79. The van der Waals surface area contributed by atoms with E-state index in [9.17, 15) is 4.79 Å². The van der Waals surface area contributed by atoms with Crippen molar-refractivity contribution in [2.24, 2.45) is 4.99 Å². The van der Waals surface area contributed by atoms with Crippen LogP contribution in [0.2, 0.25) is 0 Å². The van der Waals surface area contributed by atoms with Crippen LogP contribution in [0.15, 0.2) is 71.9 Å². The van der Waals surface area contributed by atoms with Crippen molar-refractivity contribution >= 4 is 23.6 Å². The lowest BCUT2D eigenvalue weighted by Crippen LogP contribution is -2.26. The monoisotopic (exact) mass is 417 g/mol. The molecular formula is C26H31N3O2. The lowest BCUT2D eigenvalue weighted by Gasteiger charge is -2.28. The van der Waals surface area contributed by atoms with Crippen LogP contribution >= 0.6 is 0 Å². The second kappa shape index (κ2) is 10.7. The zero-order valence-corrected chi connectivity index (χ0v) is 18.3. The number of aryl methyl sites for hydroxylation is 2. The maximum Gasteiger partial charge on any atom is 0.335 e. The fraction of sp³-hybridized carbons (Fsp3) is 0.308. The zero-order valence-electron chi connectivity index (χ0n) is 18.3. The number of hydrogen-bond acceptors (Lipinski definition) is 4. The van der Waals surface area contributed by atoms with Gasteiger partial charge in [0.2, 0.25) is 0 Å².